The van der Waals surface area contributed by atoms with Gasteiger partial charge in [0, 0.05) is 72.8 Å². The molecule has 5 heteroatoms. The Morgan fingerprint density at radius 3 is 1.61 bits per heavy atom. The summed E-state index contributed by atoms with van der Waals surface area (Å²) in [6.45, 7) is 19.2. The molecule has 375 valence electrons. The molecule has 0 saturated heterocycles. The highest BCUT2D eigenvalue weighted by Gasteiger charge is 2.40. The standard InChI is InChI=1S/C72H62BN2O2/c1-69(2)30-32-71(5,6)58-39-63-52(36-56(58)69)50-29-27-47(35-62(50)76-63)75-61-41-65-54(53-37-57-59(40-64(53)77-65)72(7,8)33-31-70(57,3)4)38-60(61)73-66-55(34-45-19-13-15-21-49(45)68(66)75)51-28-24-44-18-12-14-20-48(44)67(51)74-46-25-22-43(23-26-46)42-16-10-9-11-17-42/h9-29,34-41,74H,30-33H2,1-8H3. The first-order valence-electron chi connectivity index (χ1n) is 27.8. The molecule has 0 fully saturated rings. The van der Waals surface area contributed by atoms with E-state index in [1.807, 2.05) is 0 Å². The van der Waals surface area contributed by atoms with E-state index in [9.17, 15) is 0 Å². The highest BCUT2D eigenvalue weighted by atomic mass is 16.3. The van der Waals surface area contributed by atoms with E-state index >= 15 is 0 Å². The lowest BCUT2D eigenvalue weighted by molar-refractivity contribution is 0.332. The van der Waals surface area contributed by atoms with Gasteiger partial charge in [-0.15, -0.1) is 0 Å². The van der Waals surface area contributed by atoms with Crippen molar-refractivity contribution in [1.82, 2.24) is 0 Å². The van der Waals surface area contributed by atoms with E-state index in [0.717, 1.165) is 120 Å². The van der Waals surface area contributed by atoms with Gasteiger partial charge in [-0.1, -0.05) is 170 Å². The van der Waals surface area contributed by atoms with Crippen LogP contribution in [-0.4, -0.2) is 7.28 Å². The molecule has 10 aromatic carbocycles. The molecule has 77 heavy (non-hydrogen) atoms. The number of hydrogen-bond acceptors (Lipinski definition) is 4. The third-order valence-corrected chi connectivity index (χ3v) is 18.6. The second-order valence-corrected chi connectivity index (χ2v) is 25.3. The third-order valence-electron chi connectivity index (χ3n) is 18.6. The number of fused-ring (bicyclic) bond motifs is 13. The molecule has 3 aliphatic rings. The largest absolute Gasteiger partial charge is 0.456 e. The number of hydrogen-bond donors (Lipinski definition) is 1. The summed E-state index contributed by atoms with van der Waals surface area (Å²) in [4.78, 5) is 2.50. The lowest BCUT2D eigenvalue weighted by Crippen LogP contribution is -2.41. The van der Waals surface area contributed by atoms with E-state index in [1.54, 1.807) is 0 Å². The maximum absolute atomic E-state index is 7.07. The molecule has 0 amide bonds. The number of rotatable bonds is 5. The van der Waals surface area contributed by atoms with Crippen LogP contribution in [0.25, 0.3) is 87.7 Å². The highest BCUT2D eigenvalue weighted by molar-refractivity contribution is 6.74. The molecule has 12 aromatic rings. The Hall–Kier alpha value is -8.02. The molecule has 1 aliphatic heterocycles. The van der Waals surface area contributed by atoms with Crippen molar-refractivity contribution in [2.45, 2.75) is 103 Å². The summed E-state index contributed by atoms with van der Waals surface area (Å²) < 4.78 is 14.1. The van der Waals surface area contributed by atoms with Crippen LogP contribution in [-0.2, 0) is 21.7 Å². The molecule has 0 saturated carbocycles. The molecular weight excluding hydrogens is 936 g/mol. The van der Waals surface area contributed by atoms with E-state index in [-0.39, 0.29) is 21.7 Å². The Balaban J connectivity index is 0.978. The normalized spacial score (nSPS) is 16.9. The van der Waals surface area contributed by atoms with Gasteiger partial charge in [0.1, 0.15) is 22.3 Å². The van der Waals surface area contributed by atoms with Crippen molar-refractivity contribution in [3.8, 4) is 22.3 Å². The maximum atomic E-state index is 7.07. The van der Waals surface area contributed by atoms with Crippen LogP contribution in [0.4, 0.5) is 28.4 Å². The fourth-order valence-corrected chi connectivity index (χ4v) is 13.8. The van der Waals surface area contributed by atoms with Crippen LogP contribution in [0.2, 0.25) is 0 Å². The van der Waals surface area contributed by atoms with E-state index in [0.29, 0.717) is 0 Å². The van der Waals surface area contributed by atoms with Crippen molar-refractivity contribution in [2.75, 3.05) is 10.2 Å². The molecule has 0 unspecified atom stereocenters. The molecular formula is C72H62BN2O2. The van der Waals surface area contributed by atoms with Crippen molar-refractivity contribution in [2.24, 2.45) is 0 Å². The average Bonchev–Trinajstić information content (AvgIpc) is 4.20. The van der Waals surface area contributed by atoms with E-state index < -0.39 is 0 Å². The van der Waals surface area contributed by atoms with Gasteiger partial charge < -0.3 is 19.1 Å². The number of anilines is 5. The van der Waals surface area contributed by atoms with Crippen LogP contribution in [0.5, 0.6) is 0 Å². The zero-order valence-corrected chi connectivity index (χ0v) is 45.4. The van der Waals surface area contributed by atoms with Gasteiger partial charge in [0.05, 0.1) is 5.69 Å². The minimum Gasteiger partial charge on any atom is -0.456 e. The fraction of sp³-hybridized carbons (Fsp3) is 0.222. The SMILES string of the molecule is CC1(C)CCC(C)(C)c2cc3c(cc21)oc1cc(N2c4cc5oc6cc7c(cc6c5cc4[B]c4c(-c5ccc6ccccc6c5Nc5ccc(-c6ccccc6)cc5)cc5ccccc5c42)C(C)(C)CCC7(C)C)ccc13. The Kier molecular flexibility index (Phi) is 9.77. The highest BCUT2D eigenvalue weighted by Crippen LogP contribution is 2.52. The van der Waals surface area contributed by atoms with Gasteiger partial charge in [0.2, 0.25) is 0 Å². The predicted molar refractivity (Wildman–Crippen MR) is 327 cm³/mol. The van der Waals surface area contributed by atoms with Crippen LogP contribution in [0.1, 0.15) is 103 Å². The summed E-state index contributed by atoms with van der Waals surface area (Å²) in [6.07, 6.45) is 4.61. The van der Waals surface area contributed by atoms with Gasteiger partial charge >= 0.3 is 0 Å². The molecule has 4 nitrogen and oxygen atoms in total. The minimum absolute atomic E-state index is 0.0596. The molecule has 2 aliphatic carbocycles. The van der Waals surface area contributed by atoms with Gasteiger partial charge in [-0.2, -0.15) is 0 Å². The zero-order valence-electron chi connectivity index (χ0n) is 45.4. The summed E-state index contributed by atoms with van der Waals surface area (Å²) in [7, 11) is 2.45. The third kappa shape index (κ3) is 7.11. The quantitative estimate of drug-likeness (QED) is 0.175. The minimum atomic E-state index is 0.0596. The Bertz CT molecular complexity index is 4460. The smallest absolute Gasteiger partial charge is 0.197 e. The maximum Gasteiger partial charge on any atom is 0.197 e. The van der Waals surface area contributed by atoms with Crippen molar-refractivity contribution in [3.63, 3.8) is 0 Å². The zero-order chi connectivity index (χ0) is 52.3. The van der Waals surface area contributed by atoms with Gasteiger partial charge in [-0.25, -0.2) is 0 Å². The Morgan fingerprint density at radius 1 is 0.416 bits per heavy atom. The molecule has 0 atom stereocenters. The van der Waals surface area contributed by atoms with E-state index in [4.69, 9.17) is 8.83 Å². The van der Waals surface area contributed by atoms with E-state index in [2.05, 4.69) is 249 Å². The molecule has 0 spiro atoms. The number of nitrogens with one attached hydrogen (secondary N) is 1. The molecule has 15 rings (SSSR count). The van der Waals surface area contributed by atoms with Gasteiger partial charge in [0.25, 0.3) is 0 Å². The Morgan fingerprint density at radius 2 is 0.948 bits per heavy atom. The number of nitrogens with zero attached hydrogens (tertiary/aromatic N) is 1. The number of furan rings is 2. The first kappa shape index (κ1) is 46.3. The van der Waals surface area contributed by atoms with E-state index in [1.165, 1.54) is 54.9 Å². The first-order chi connectivity index (χ1) is 37.1. The summed E-state index contributed by atoms with van der Waals surface area (Å²) in [6, 6.07) is 65.4. The van der Waals surface area contributed by atoms with Crippen LogP contribution in [0.15, 0.2) is 185 Å². The lowest BCUT2D eigenvalue weighted by Gasteiger charge is -2.41. The second kappa shape index (κ2) is 16.3. The van der Waals surface area contributed by atoms with Gasteiger partial charge in [-0.3, -0.25) is 0 Å². The number of benzene rings is 10. The van der Waals surface area contributed by atoms with Crippen molar-refractivity contribution >= 4 is 112 Å². The summed E-state index contributed by atoms with van der Waals surface area (Å²) >= 11 is 0. The van der Waals surface area contributed by atoms with Crippen LogP contribution < -0.4 is 21.1 Å². The molecule has 1 N–H and O–H groups in total. The van der Waals surface area contributed by atoms with Crippen LogP contribution >= 0.6 is 0 Å². The molecule has 2 aromatic heterocycles. The van der Waals surface area contributed by atoms with Gasteiger partial charge in [0.15, 0.2) is 7.28 Å². The second-order valence-electron chi connectivity index (χ2n) is 25.3. The first-order valence-corrected chi connectivity index (χ1v) is 27.8. The summed E-state index contributed by atoms with van der Waals surface area (Å²) in [5.74, 6) is 0. The van der Waals surface area contributed by atoms with Crippen LogP contribution in [0, 0.1) is 0 Å². The monoisotopic (exact) mass is 997 g/mol. The topological polar surface area (TPSA) is 41.6 Å². The van der Waals surface area contributed by atoms with Crippen LogP contribution in [0.3, 0.4) is 0 Å². The van der Waals surface area contributed by atoms with Gasteiger partial charge in [-0.05, 0) is 157 Å². The summed E-state index contributed by atoms with van der Waals surface area (Å²) in [5.41, 5.74) is 21.9. The fourth-order valence-electron chi connectivity index (χ4n) is 13.8. The Labute approximate surface area is 452 Å². The average molecular weight is 998 g/mol. The predicted octanol–water partition coefficient (Wildman–Crippen LogP) is 19.0. The summed E-state index contributed by atoms with van der Waals surface area (Å²) in [5, 5.41) is 13.3. The van der Waals surface area contributed by atoms with Crippen molar-refractivity contribution in [3.05, 3.63) is 198 Å². The molecule has 3 heterocycles. The molecule has 0 bridgehead atoms. The van der Waals surface area contributed by atoms with Crippen molar-refractivity contribution < 1.29 is 8.83 Å². The van der Waals surface area contributed by atoms with Crippen molar-refractivity contribution in [1.29, 1.82) is 0 Å². The lowest BCUT2D eigenvalue weighted by atomic mass is 9.57. The molecule has 1 radical (unpaired) electrons.